The molecule has 2 heteroatoms. The van der Waals surface area contributed by atoms with Gasteiger partial charge in [-0.3, -0.25) is 4.79 Å². The van der Waals surface area contributed by atoms with Gasteiger partial charge in [0.1, 0.15) is 0 Å². The summed E-state index contributed by atoms with van der Waals surface area (Å²) in [6.07, 6.45) is 0. The summed E-state index contributed by atoms with van der Waals surface area (Å²) in [7, 11) is 0. The summed E-state index contributed by atoms with van der Waals surface area (Å²) in [5.41, 5.74) is 7.35. The molecule has 2 nitrogen and oxygen atoms in total. The first-order chi connectivity index (χ1) is 15.3. The number of H-pyrrole nitrogens is 1. The minimum absolute atomic E-state index is 0.0939. The van der Waals surface area contributed by atoms with Crippen molar-refractivity contribution in [2.45, 2.75) is 0 Å². The maximum Gasteiger partial charge on any atom is 0.256 e. The van der Waals surface area contributed by atoms with Crippen molar-refractivity contribution < 1.29 is 0 Å². The fourth-order valence-corrected chi connectivity index (χ4v) is 4.09. The van der Waals surface area contributed by atoms with E-state index in [2.05, 4.69) is 29.2 Å². The van der Waals surface area contributed by atoms with Gasteiger partial charge in [0.2, 0.25) is 0 Å². The first-order valence-electron chi connectivity index (χ1n) is 10.3. The molecular weight excluding hydrogens is 378 g/mol. The zero-order valence-electron chi connectivity index (χ0n) is 17.0. The van der Waals surface area contributed by atoms with Crippen molar-refractivity contribution in [2.24, 2.45) is 0 Å². The molecule has 31 heavy (non-hydrogen) atoms. The monoisotopic (exact) mass is 399 g/mol. The number of hydrogen-bond donors (Lipinski definition) is 1. The summed E-state index contributed by atoms with van der Waals surface area (Å²) in [6.45, 7) is 0. The van der Waals surface area contributed by atoms with Crippen molar-refractivity contribution in [2.75, 3.05) is 0 Å². The highest BCUT2D eigenvalue weighted by Gasteiger charge is 2.22. The fourth-order valence-electron chi connectivity index (χ4n) is 4.09. The van der Waals surface area contributed by atoms with Gasteiger partial charge in [-0.1, -0.05) is 121 Å². The van der Waals surface area contributed by atoms with Crippen LogP contribution in [-0.2, 0) is 0 Å². The van der Waals surface area contributed by atoms with E-state index in [0.717, 1.165) is 39.1 Å². The second-order valence-electron chi connectivity index (χ2n) is 7.42. The van der Waals surface area contributed by atoms with Crippen LogP contribution in [0.1, 0.15) is 0 Å². The molecule has 5 aromatic rings. The second-order valence-corrected chi connectivity index (χ2v) is 7.42. The van der Waals surface area contributed by atoms with Crippen LogP contribution in [0.15, 0.2) is 126 Å². The molecule has 5 rings (SSSR count). The molecule has 0 radical (unpaired) electrons. The van der Waals surface area contributed by atoms with E-state index in [-0.39, 0.29) is 5.56 Å². The third kappa shape index (κ3) is 3.60. The lowest BCUT2D eigenvalue weighted by molar-refractivity contribution is 1.24. The Hall–Kier alpha value is -4.17. The number of aromatic nitrogens is 1. The van der Waals surface area contributed by atoms with Gasteiger partial charge in [0, 0.05) is 11.1 Å². The normalized spacial score (nSPS) is 10.7. The lowest BCUT2D eigenvalue weighted by Gasteiger charge is -2.20. The Kier molecular flexibility index (Phi) is 5.04. The van der Waals surface area contributed by atoms with E-state index in [1.54, 1.807) is 0 Å². The van der Waals surface area contributed by atoms with Crippen LogP contribution in [0.2, 0.25) is 0 Å². The van der Waals surface area contributed by atoms with Crippen molar-refractivity contribution in [3.05, 3.63) is 132 Å². The molecule has 0 fully saturated rings. The summed E-state index contributed by atoms with van der Waals surface area (Å²) in [5.74, 6) is 0. The molecule has 0 aliphatic heterocycles. The Labute approximate surface area is 181 Å². The molecule has 0 saturated heterocycles. The average Bonchev–Trinajstić information content (AvgIpc) is 2.85. The number of rotatable bonds is 4. The van der Waals surface area contributed by atoms with Crippen molar-refractivity contribution in [1.82, 2.24) is 4.98 Å². The van der Waals surface area contributed by atoms with Crippen LogP contribution in [0.5, 0.6) is 0 Å². The van der Waals surface area contributed by atoms with Crippen LogP contribution < -0.4 is 5.56 Å². The highest BCUT2D eigenvalue weighted by atomic mass is 16.1. The Bertz CT molecular complexity index is 1360. The molecule has 4 aromatic carbocycles. The minimum Gasteiger partial charge on any atom is -0.321 e. The van der Waals surface area contributed by atoms with E-state index in [4.69, 9.17) is 0 Å². The Morgan fingerprint density at radius 3 is 1.19 bits per heavy atom. The molecule has 1 aromatic heterocycles. The predicted molar refractivity (Wildman–Crippen MR) is 129 cm³/mol. The Morgan fingerprint density at radius 2 is 0.742 bits per heavy atom. The van der Waals surface area contributed by atoms with Crippen LogP contribution >= 0.6 is 0 Å². The van der Waals surface area contributed by atoms with Gasteiger partial charge in [-0.2, -0.15) is 0 Å². The number of nitrogens with one attached hydrogen (secondary N) is 1. The molecule has 0 bridgehead atoms. The van der Waals surface area contributed by atoms with Crippen LogP contribution in [-0.4, -0.2) is 4.98 Å². The SMILES string of the molecule is O=c1[nH]c(-c2ccccc2)c(-c2ccccc2)c(-c2ccccc2)c1-c1ccccc1. The molecule has 0 atom stereocenters. The third-order valence-electron chi connectivity index (χ3n) is 5.47. The number of benzene rings is 4. The van der Waals surface area contributed by atoms with E-state index in [1.807, 2.05) is 97.1 Å². The number of hydrogen-bond acceptors (Lipinski definition) is 1. The first-order valence-corrected chi connectivity index (χ1v) is 10.3. The van der Waals surface area contributed by atoms with Crippen molar-refractivity contribution in [3.8, 4) is 44.6 Å². The first kappa shape index (κ1) is 18.8. The summed E-state index contributed by atoms with van der Waals surface area (Å²) >= 11 is 0. The van der Waals surface area contributed by atoms with Gasteiger partial charge < -0.3 is 4.98 Å². The maximum atomic E-state index is 13.5. The molecule has 0 aliphatic rings. The number of pyridine rings is 1. The fraction of sp³-hybridized carbons (Fsp3) is 0. The summed E-state index contributed by atoms with van der Waals surface area (Å²) in [5, 5.41) is 0. The second kappa shape index (κ2) is 8.29. The summed E-state index contributed by atoms with van der Waals surface area (Å²) in [4.78, 5) is 16.7. The lowest BCUT2D eigenvalue weighted by atomic mass is 9.86. The predicted octanol–water partition coefficient (Wildman–Crippen LogP) is 7.04. The van der Waals surface area contributed by atoms with Gasteiger partial charge in [0.05, 0.1) is 11.3 Å². The molecule has 0 amide bonds. The van der Waals surface area contributed by atoms with Gasteiger partial charge in [-0.25, -0.2) is 0 Å². The molecule has 1 N–H and O–H groups in total. The number of aromatic amines is 1. The topological polar surface area (TPSA) is 32.9 Å². The maximum absolute atomic E-state index is 13.5. The molecule has 0 saturated carbocycles. The van der Waals surface area contributed by atoms with Crippen molar-refractivity contribution in [1.29, 1.82) is 0 Å². The van der Waals surface area contributed by atoms with Gasteiger partial charge in [0.15, 0.2) is 0 Å². The quantitative estimate of drug-likeness (QED) is 0.345. The van der Waals surface area contributed by atoms with Gasteiger partial charge in [-0.15, -0.1) is 0 Å². The largest absolute Gasteiger partial charge is 0.321 e. The molecule has 0 spiro atoms. The summed E-state index contributed by atoms with van der Waals surface area (Å²) in [6, 6.07) is 40.4. The zero-order valence-corrected chi connectivity index (χ0v) is 17.0. The highest BCUT2D eigenvalue weighted by Crippen LogP contribution is 2.42. The molecule has 0 unspecified atom stereocenters. The Balaban J connectivity index is 1.97. The van der Waals surface area contributed by atoms with Crippen LogP contribution in [0.3, 0.4) is 0 Å². The molecular formula is C29H21NO. The van der Waals surface area contributed by atoms with Gasteiger partial charge >= 0.3 is 0 Å². The van der Waals surface area contributed by atoms with E-state index in [0.29, 0.717) is 5.56 Å². The molecule has 1 heterocycles. The molecule has 0 aliphatic carbocycles. The van der Waals surface area contributed by atoms with Gasteiger partial charge in [0.25, 0.3) is 5.56 Å². The van der Waals surface area contributed by atoms with Gasteiger partial charge in [-0.05, 0) is 22.3 Å². The van der Waals surface area contributed by atoms with E-state index in [9.17, 15) is 4.79 Å². The Morgan fingerprint density at radius 1 is 0.387 bits per heavy atom. The molecule has 148 valence electrons. The lowest BCUT2D eigenvalue weighted by Crippen LogP contribution is -2.14. The summed E-state index contributed by atoms with van der Waals surface area (Å²) < 4.78 is 0. The standard InChI is InChI=1S/C29H21NO/c31-29-27(23-17-9-3-10-18-23)25(21-13-5-1-6-14-21)26(22-15-7-2-8-16-22)28(30-29)24-19-11-4-12-20-24/h1-20H,(H,30,31). The highest BCUT2D eigenvalue weighted by molar-refractivity contribution is 5.99. The van der Waals surface area contributed by atoms with Crippen LogP contribution in [0.4, 0.5) is 0 Å². The van der Waals surface area contributed by atoms with E-state index in [1.165, 1.54) is 0 Å². The third-order valence-corrected chi connectivity index (χ3v) is 5.47. The van der Waals surface area contributed by atoms with Crippen molar-refractivity contribution >= 4 is 0 Å². The van der Waals surface area contributed by atoms with E-state index < -0.39 is 0 Å². The van der Waals surface area contributed by atoms with Crippen molar-refractivity contribution in [3.63, 3.8) is 0 Å². The van der Waals surface area contributed by atoms with Crippen LogP contribution in [0.25, 0.3) is 44.6 Å². The average molecular weight is 399 g/mol. The zero-order chi connectivity index (χ0) is 21.0. The minimum atomic E-state index is -0.0939. The van der Waals surface area contributed by atoms with Crippen LogP contribution in [0, 0.1) is 0 Å². The smallest absolute Gasteiger partial charge is 0.256 e. The van der Waals surface area contributed by atoms with E-state index >= 15 is 0 Å².